The fourth-order valence-corrected chi connectivity index (χ4v) is 1.16. The van der Waals surface area contributed by atoms with Gasteiger partial charge in [-0.15, -0.1) is 0 Å². The second-order valence-electron chi connectivity index (χ2n) is 2.88. The van der Waals surface area contributed by atoms with Crippen LogP contribution in [-0.2, 0) is 11.2 Å². The van der Waals surface area contributed by atoms with E-state index in [1.165, 1.54) is 0 Å². The minimum Gasteiger partial charge on any atom is -0.465 e. The molecule has 0 aliphatic carbocycles. The van der Waals surface area contributed by atoms with E-state index in [2.05, 4.69) is 5.32 Å². The van der Waals surface area contributed by atoms with E-state index >= 15 is 0 Å². The topological polar surface area (TPSA) is 66.4 Å². The molecular formula is C10H11NO3. The van der Waals surface area contributed by atoms with E-state index in [0.29, 0.717) is 12.7 Å². The summed E-state index contributed by atoms with van der Waals surface area (Å²) in [5.41, 5.74) is 0.929. The zero-order chi connectivity index (χ0) is 10.4. The average Bonchev–Trinajstić information content (AvgIpc) is 2.17. The van der Waals surface area contributed by atoms with Crippen molar-refractivity contribution in [1.29, 1.82) is 0 Å². The number of carbonyl (C=O) groups excluding carboxylic acids is 1. The van der Waals surface area contributed by atoms with Crippen LogP contribution in [0.25, 0.3) is 0 Å². The van der Waals surface area contributed by atoms with Crippen molar-refractivity contribution in [2.45, 2.75) is 12.5 Å². The largest absolute Gasteiger partial charge is 0.465 e. The van der Waals surface area contributed by atoms with Crippen molar-refractivity contribution in [3.63, 3.8) is 0 Å². The first kappa shape index (κ1) is 10.2. The zero-order valence-electron chi connectivity index (χ0n) is 7.51. The van der Waals surface area contributed by atoms with Gasteiger partial charge in [-0.25, -0.2) is 4.79 Å². The number of hydrogen-bond donors (Lipinski definition) is 2. The van der Waals surface area contributed by atoms with Gasteiger partial charge in [0.1, 0.15) is 6.29 Å². The van der Waals surface area contributed by atoms with Crippen LogP contribution in [0, 0.1) is 0 Å². The van der Waals surface area contributed by atoms with Gasteiger partial charge in [-0.05, 0) is 12.0 Å². The number of nitrogens with one attached hydrogen (secondary N) is 1. The van der Waals surface area contributed by atoms with E-state index in [1.807, 2.05) is 30.3 Å². The minimum absolute atomic E-state index is 0.386. The van der Waals surface area contributed by atoms with E-state index < -0.39 is 12.1 Å². The van der Waals surface area contributed by atoms with Crippen LogP contribution in [0.4, 0.5) is 4.79 Å². The van der Waals surface area contributed by atoms with E-state index in [1.54, 1.807) is 0 Å². The molecule has 0 fully saturated rings. The number of hydrogen-bond acceptors (Lipinski definition) is 2. The third-order valence-electron chi connectivity index (χ3n) is 1.77. The quantitative estimate of drug-likeness (QED) is 0.703. The Kier molecular flexibility index (Phi) is 3.67. The van der Waals surface area contributed by atoms with Crippen molar-refractivity contribution < 1.29 is 14.7 Å². The lowest BCUT2D eigenvalue weighted by Gasteiger charge is -2.09. The molecule has 0 heterocycles. The lowest BCUT2D eigenvalue weighted by Crippen LogP contribution is -2.36. The first-order valence-electron chi connectivity index (χ1n) is 4.21. The van der Waals surface area contributed by atoms with Crippen LogP contribution in [0.15, 0.2) is 30.3 Å². The van der Waals surface area contributed by atoms with Gasteiger partial charge in [0.15, 0.2) is 0 Å². The summed E-state index contributed by atoms with van der Waals surface area (Å²) in [6, 6.07) is 8.58. The lowest BCUT2D eigenvalue weighted by atomic mass is 10.1. The molecule has 1 aromatic carbocycles. The van der Waals surface area contributed by atoms with E-state index in [4.69, 9.17) is 5.11 Å². The summed E-state index contributed by atoms with van der Waals surface area (Å²) in [6.07, 6.45) is -0.198. The Morgan fingerprint density at radius 2 is 2.07 bits per heavy atom. The molecule has 4 heteroatoms. The summed E-state index contributed by atoms with van der Waals surface area (Å²) < 4.78 is 0. The minimum atomic E-state index is -1.18. The molecule has 0 spiro atoms. The number of carbonyl (C=O) groups is 2. The molecule has 0 unspecified atom stereocenters. The fraction of sp³-hybridized carbons (Fsp3) is 0.200. The summed E-state index contributed by atoms with van der Waals surface area (Å²) >= 11 is 0. The maximum Gasteiger partial charge on any atom is 0.405 e. The van der Waals surface area contributed by atoms with Gasteiger partial charge in [0.05, 0.1) is 6.04 Å². The molecular weight excluding hydrogens is 182 g/mol. The molecule has 2 N–H and O–H groups in total. The molecule has 1 amide bonds. The maximum atomic E-state index is 10.5. The van der Waals surface area contributed by atoms with Gasteiger partial charge >= 0.3 is 6.09 Å². The van der Waals surface area contributed by atoms with Crippen LogP contribution in [0.3, 0.4) is 0 Å². The fourth-order valence-electron chi connectivity index (χ4n) is 1.16. The Hall–Kier alpha value is -1.84. The van der Waals surface area contributed by atoms with Gasteiger partial charge in [0, 0.05) is 0 Å². The average molecular weight is 193 g/mol. The molecule has 74 valence electrons. The molecule has 0 saturated heterocycles. The van der Waals surface area contributed by atoms with Crippen molar-refractivity contribution in [2.75, 3.05) is 0 Å². The monoisotopic (exact) mass is 193 g/mol. The first-order valence-corrected chi connectivity index (χ1v) is 4.21. The SMILES string of the molecule is O=C[C@@H](Cc1ccccc1)NC(=O)O. The number of amides is 1. The van der Waals surface area contributed by atoms with Crippen molar-refractivity contribution >= 4 is 12.4 Å². The van der Waals surface area contributed by atoms with Gasteiger partial charge in [-0.2, -0.15) is 0 Å². The predicted molar refractivity (Wildman–Crippen MR) is 51.2 cm³/mol. The summed E-state index contributed by atoms with van der Waals surface area (Å²) in [6.45, 7) is 0. The van der Waals surface area contributed by atoms with E-state index in [9.17, 15) is 9.59 Å². The Bertz CT molecular complexity index is 310. The van der Waals surface area contributed by atoms with Gasteiger partial charge in [0.25, 0.3) is 0 Å². The smallest absolute Gasteiger partial charge is 0.405 e. The summed E-state index contributed by atoms with van der Waals surface area (Å²) in [5, 5.41) is 10.5. The number of carboxylic acid groups (broad SMARTS) is 1. The highest BCUT2D eigenvalue weighted by Gasteiger charge is 2.09. The summed E-state index contributed by atoms with van der Waals surface area (Å²) in [7, 11) is 0. The Morgan fingerprint density at radius 1 is 1.43 bits per heavy atom. The highest BCUT2D eigenvalue weighted by molar-refractivity contribution is 5.71. The highest BCUT2D eigenvalue weighted by atomic mass is 16.4. The molecule has 0 bridgehead atoms. The number of rotatable bonds is 4. The number of aldehydes is 1. The lowest BCUT2D eigenvalue weighted by molar-refractivity contribution is -0.109. The Balaban J connectivity index is 2.57. The molecule has 14 heavy (non-hydrogen) atoms. The Morgan fingerprint density at radius 3 is 2.57 bits per heavy atom. The molecule has 0 aromatic heterocycles. The van der Waals surface area contributed by atoms with Gasteiger partial charge in [-0.3, -0.25) is 0 Å². The van der Waals surface area contributed by atoms with Crippen LogP contribution in [-0.4, -0.2) is 23.5 Å². The molecule has 1 rings (SSSR count). The van der Waals surface area contributed by atoms with Crippen molar-refractivity contribution in [3.05, 3.63) is 35.9 Å². The number of benzene rings is 1. The van der Waals surface area contributed by atoms with Crippen molar-refractivity contribution in [1.82, 2.24) is 5.32 Å². The van der Waals surface area contributed by atoms with Crippen LogP contribution < -0.4 is 5.32 Å². The van der Waals surface area contributed by atoms with Crippen LogP contribution >= 0.6 is 0 Å². The standard InChI is InChI=1S/C10H11NO3/c12-7-9(11-10(13)14)6-8-4-2-1-3-5-8/h1-5,7,9,11H,6H2,(H,13,14)/t9-/m1/s1. The molecule has 1 aromatic rings. The molecule has 0 aliphatic heterocycles. The molecule has 1 atom stereocenters. The van der Waals surface area contributed by atoms with Crippen molar-refractivity contribution in [3.8, 4) is 0 Å². The van der Waals surface area contributed by atoms with Gasteiger partial charge < -0.3 is 15.2 Å². The highest BCUT2D eigenvalue weighted by Crippen LogP contribution is 2.01. The first-order chi connectivity index (χ1) is 6.72. The predicted octanol–water partition coefficient (Wildman–Crippen LogP) is 1.06. The van der Waals surface area contributed by atoms with Crippen LogP contribution in [0.1, 0.15) is 5.56 Å². The molecule has 0 aliphatic rings. The second-order valence-corrected chi connectivity index (χ2v) is 2.88. The van der Waals surface area contributed by atoms with E-state index in [-0.39, 0.29) is 0 Å². The van der Waals surface area contributed by atoms with E-state index in [0.717, 1.165) is 5.56 Å². The zero-order valence-corrected chi connectivity index (χ0v) is 7.51. The maximum absolute atomic E-state index is 10.5. The van der Waals surface area contributed by atoms with Crippen LogP contribution in [0.5, 0.6) is 0 Å². The normalized spacial score (nSPS) is 11.7. The van der Waals surface area contributed by atoms with Gasteiger partial charge in [0.2, 0.25) is 0 Å². The summed E-state index contributed by atoms with van der Waals surface area (Å²) in [5.74, 6) is 0. The molecule has 0 saturated carbocycles. The third-order valence-corrected chi connectivity index (χ3v) is 1.77. The molecule has 4 nitrogen and oxygen atoms in total. The van der Waals surface area contributed by atoms with Gasteiger partial charge in [-0.1, -0.05) is 30.3 Å². The second kappa shape index (κ2) is 5.01. The summed E-state index contributed by atoms with van der Waals surface area (Å²) in [4.78, 5) is 20.8. The van der Waals surface area contributed by atoms with Crippen LogP contribution in [0.2, 0.25) is 0 Å². The third kappa shape index (κ3) is 3.26. The Labute approximate surface area is 81.6 Å². The molecule has 0 radical (unpaired) electrons. The van der Waals surface area contributed by atoms with Crippen molar-refractivity contribution in [2.24, 2.45) is 0 Å².